The summed E-state index contributed by atoms with van der Waals surface area (Å²) in [4.78, 5) is 26.9. The first-order valence-corrected chi connectivity index (χ1v) is 13.9. The quantitative estimate of drug-likeness (QED) is 0.297. The van der Waals surface area contributed by atoms with Crippen LogP contribution < -0.4 is 19.7 Å². The Morgan fingerprint density at radius 3 is 2.56 bits per heavy atom. The maximum atomic E-state index is 13.0. The Morgan fingerprint density at radius 2 is 1.86 bits per heavy atom. The van der Waals surface area contributed by atoms with E-state index in [0.29, 0.717) is 35.6 Å². The van der Waals surface area contributed by atoms with Gasteiger partial charge in [-0.3, -0.25) is 4.79 Å². The Morgan fingerprint density at radius 1 is 1.12 bits per heavy atom. The summed E-state index contributed by atoms with van der Waals surface area (Å²) in [6.45, 7) is 5.71. The molecule has 0 saturated carbocycles. The van der Waals surface area contributed by atoms with Crippen LogP contribution in [0.4, 0.5) is 18.9 Å². The summed E-state index contributed by atoms with van der Waals surface area (Å²) in [7, 11) is 0. The van der Waals surface area contributed by atoms with Gasteiger partial charge in [-0.2, -0.15) is 0 Å². The molecular weight excluding hydrogens is 561 g/mol. The van der Waals surface area contributed by atoms with Gasteiger partial charge in [0.05, 0.1) is 23.8 Å². The van der Waals surface area contributed by atoms with Gasteiger partial charge in [-0.25, -0.2) is 4.79 Å². The van der Waals surface area contributed by atoms with Crippen LogP contribution >= 0.6 is 0 Å². The number of amides is 1. The minimum absolute atomic E-state index is 0.161. The number of ether oxygens (including phenoxy) is 2. The number of carbonyl (C=O) groups excluding carboxylic acids is 1. The number of rotatable bonds is 8. The second-order valence-electron chi connectivity index (χ2n) is 10.6. The van der Waals surface area contributed by atoms with Gasteiger partial charge < -0.3 is 24.8 Å². The number of benzene rings is 3. The highest BCUT2D eigenvalue weighted by Crippen LogP contribution is 2.36. The van der Waals surface area contributed by atoms with Crippen molar-refractivity contribution in [3.63, 3.8) is 0 Å². The van der Waals surface area contributed by atoms with E-state index in [4.69, 9.17) is 4.74 Å². The zero-order chi connectivity index (χ0) is 30.7. The zero-order valence-electron chi connectivity index (χ0n) is 23.6. The first-order chi connectivity index (χ1) is 20.5. The summed E-state index contributed by atoms with van der Waals surface area (Å²) >= 11 is 0. The van der Waals surface area contributed by atoms with Crippen LogP contribution in [0, 0.1) is 11.8 Å². The lowest BCUT2D eigenvalue weighted by Crippen LogP contribution is -2.38. The van der Waals surface area contributed by atoms with E-state index in [1.54, 1.807) is 31.2 Å². The molecule has 3 aromatic carbocycles. The molecule has 2 aliphatic rings. The molecule has 1 aliphatic heterocycles. The van der Waals surface area contributed by atoms with Crippen LogP contribution in [0.5, 0.6) is 11.5 Å². The van der Waals surface area contributed by atoms with E-state index < -0.39 is 18.4 Å². The number of carboxylic acid groups (broad SMARTS) is 1. The third-order valence-electron chi connectivity index (χ3n) is 7.68. The summed E-state index contributed by atoms with van der Waals surface area (Å²) in [5, 5.41) is 12.5. The maximum absolute atomic E-state index is 13.0. The Kier molecular flexibility index (Phi) is 8.47. The molecule has 0 radical (unpaired) electrons. The predicted octanol–water partition coefficient (Wildman–Crippen LogP) is 6.88. The third-order valence-corrected chi connectivity index (χ3v) is 7.68. The fraction of sp³-hybridized carbons (Fsp3) is 0.273. The average Bonchev–Trinajstić information content (AvgIpc) is 2.97. The fourth-order valence-electron chi connectivity index (χ4n) is 5.38. The number of hydrogen-bond acceptors (Lipinski definition) is 5. The lowest BCUT2D eigenvalue weighted by molar-refractivity contribution is -0.274. The number of alkyl halides is 3. The number of aromatic carboxylic acids is 1. The van der Waals surface area contributed by atoms with E-state index >= 15 is 0 Å². The Hall–Kier alpha value is -4.73. The highest BCUT2D eigenvalue weighted by molar-refractivity contribution is 5.96. The van der Waals surface area contributed by atoms with E-state index in [1.165, 1.54) is 24.3 Å². The van der Waals surface area contributed by atoms with Crippen molar-refractivity contribution >= 4 is 23.1 Å². The number of nitrogens with one attached hydrogen (secondary N) is 1. The minimum Gasteiger partial charge on any atom is -0.490 e. The molecule has 3 aromatic rings. The van der Waals surface area contributed by atoms with Gasteiger partial charge in [0.2, 0.25) is 0 Å². The van der Waals surface area contributed by atoms with E-state index in [1.807, 2.05) is 24.3 Å². The smallest absolute Gasteiger partial charge is 0.490 e. The fourth-order valence-corrected chi connectivity index (χ4v) is 5.38. The lowest BCUT2D eigenvalue weighted by Gasteiger charge is -2.35. The normalized spacial score (nSPS) is 18.6. The number of allylic oxidation sites excluding steroid dienone is 3. The SMILES string of the molecule is CC1C=C(c2ccccc2C(=O)O)C=CC1CN1CCOc2cc(C(=O)N[C@@H](C)c3ccc(OC(F)(F)F)cc3)ccc21. The van der Waals surface area contributed by atoms with Crippen LogP contribution in [-0.4, -0.2) is 43.0 Å². The monoisotopic (exact) mass is 592 g/mol. The first kappa shape index (κ1) is 29.8. The highest BCUT2D eigenvalue weighted by atomic mass is 19.4. The van der Waals surface area contributed by atoms with Crippen molar-refractivity contribution in [2.24, 2.45) is 11.8 Å². The van der Waals surface area contributed by atoms with Crippen LogP contribution in [0.2, 0.25) is 0 Å². The van der Waals surface area contributed by atoms with Crippen molar-refractivity contribution in [3.8, 4) is 11.5 Å². The van der Waals surface area contributed by atoms with Gasteiger partial charge in [0.15, 0.2) is 0 Å². The molecule has 224 valence electrons. The summed E-state index contributed by atoms with van der Waals surface area (Å²) in [6.07, 6.45) is 1.45. The molecule has 2 N–H and O–H groups in total. The van der Waals surface area contributed by atoms with Crippen LogP contribution in [0.25, 0.3) is 5.57 Å². The maximum Gasteiger partial charge on any atom is 0.573 e. The van der Waals surface area contributed by atoms with Crippen molar-refractivity contribution in [1.82, 2.24) is 5.32 Å². The molecule has 1 aliphatic carbocycles. The molecular formula is C33H31F3N2O5. The van der Waals surface area contributed by atoms with Crippen molar-refractivity contribution in [2.45, 2.75) is 26.3 Å². The van der Waals surface area contributed by atoms with E-state index in [2.05, 4.69) is 34.0 Å². The van der Waals surface area contributed by atoms with E-state index in [0.717, 1.165) is 17.8 Å². The topological polar surface area (TPSA) is 88.1 Å². The minimum atomic E-state index is -4.77. The molecule has 2 unspecified atom stereocenters. The highest BCUT2D eigenvalue weighted by Gasteiger charge is 2.31. The molecule has 43 heavy (non-hydrogen) atoms. The third kappa shape index (κ3) is 7.02. The molecule has 0 saturated heterocycles. The van der Waals surface area contributed by atoms with Crippen molar-refractivity contribution in [2.75, 3.05) is 24.6 Å². The largest absolute Gasteiger partial charge is 0.573 e. The number of hydrogen-bond donors (Lipinski definition) is 2. The van der Waals surface area contributed by atoms with E-state index in [-0.39, 0.29) is 29.1 Å². The number of anilines is 1. The molecule has 10 heteroatoms. The second kappa shape index (κ2) is 12.2. The molecule has 0 aromatic heterocycles. The second-order valence-corrected chi connectivity index (χ2v) is 10.6. The summed E-state index contributed by atoms with van der Waals surface area (Å²) < 4.78 is 47.1. The van der Waals surface area contributed by atoms with Crippen molar-refractivity contribution in [1.29, 1.82) is 0 Å². The van der Waals surface area contributed by atoms with E-state index in [9.17, 15) is 27.9 Å². The van der Waals surface area contributed by atoms with Gasteiger partial charge in [0.1, 0.15) is 18.1 Å². The molecule has 5 rings (SSSR count). The Bertz CT molecular complexity index is 1570. The Balaban J connectivity index is 1.23. The molecule has 0 spiro atoms. The number of carbonyl (C=O) groups is 2. The van der Waals surface area contributed by atoms with Crippen LogP contribution in [0.1, 0.15) is 51.7 Å². The molecule has 0 fully saturated rings. The zero-order valence-corrected chi connectivity index (χ0v) is 23.6. The average molecular weight is 593 g/mol. The first-order valence-electron chi connectivity index (χ1n) is 13.9. The standard InChI is InChI=1S/C33H31F3N2O5/c1-20-17-23(27-5-3-4-6-28(27)32(40)41)7-8-25(20)19-38-15-16-42-30-18-24(11-14-29(30)38)31(39)37-21(2)22-9-12-26(13-10-22)43-33(34,35)36/h3-14,17-18,20-21,25H,15-16,19H2,1-2H3,(H,37,39)(H,40,41)/t20?,21-,25?/m0/s1. The van der Waals surface area contributed by atoms with Crippen LogP contribution in [0.3, 0.4) is 0 Å². The van der Waals surface area contributed by atoms with Crippen LogP contribution in [-0.2, 0) is 0 Å². The molecule has 1 heterocycles. The summed E-state index contributed by atoms with van der Waals surface area (Å²) in [5.74, 6) is -0.684. The lowest BCUT2D eigenvalue weighted by atomic mass is 9.83. The molecule has 7 nitrogen and oxygen atoms in total. The van der Waals surface area contributed by atoms with Gasteiger partial charge in [-0.1, -0.05) is 55.5 Å². The van der Waals surface area contributed by atoms with Crippen molar-refractivity contribution < 1.29 is 37.3 Å². The molecule has 3 atom stereocenters. The molecule has 1 amide bonds. The number of carboxylic acids is 1. The van der Waals surface area contributed by atoms with Crippen molar-refractivity contribution in [3.05, 3.63) is 107 Å². The van der Waals surface area contributed by atoms with Crippen LogP contribution in [0.15, 0.2) is 85.0 Å². The number of halogens is 3. The summed E-state index contributed by atoms with van der Waals surface area (Å²) in [6, 6.07) is 17.2. The number of nitrogens with zero attached hydrogens (tertiary/aromatic N) is 1. The van der Waals surface area contributed by atoms with Gasteiger partial charge in [-0.05, 0) is 65.9 Å². The number of fused-ring (bicyclic) bond motifs is 1. The van der Waals surface area contributed by atoms with Gasteiger partial charge in [-0.15, -0.1) is 13.2 Å². The Labute approximate surface area is 247 Å². The summed E-state index contributed by atoms with van der Waals surface area (Å²) in [5.41, 5.74) is 3.76. The molecule has 0 bridgehead atoms. The van der Waals surface area contributed by atoms with Gasteiger partial charge >= 0.3 is 12.3 Å². The van der Waals surface area contributed by atoms with Gasteiger partial charge in [0, 0.05) is 18.0 Å². The van der Waals surface area contributed by atoms with Gasteiger partial charge in [0.25, 0.3) is 5.91 Å². The predicted molar refractivity (Wildman–Crippen MR) is 156 cm³/mol.